The van der Waals surface area contributed by atoms with E-state index in [0.717, 1.165) is 57.9 Å². The van der Waals surface area contributed by atoms with Crippen molar-refractivity contribution in [3.05, 3.63) is 213 Å². The van der Waals surface area contributed by atoms with Gasteiger partial charge in [-0.1, -0.05) is 80.9 Å². The smallest absolute Gasteiger partial charge is 0.432 e. The monoisotopic (exact) mass is 1530 g/mol. The predicted molar refractivity (Wildman–Crippen MR) is 372 cm³/mol. The highest BCUT2D eigenvalue weighted by Crippen LogP contribution is 2.60. The van der Waals surface area contributed by atoms with Crippen molar-refractivity contribution in [2.45, 2.75) is 89.4 Å². The molecule has 10 aromatic rings. The van der Waals surface area contributed by atoms with Gasteiger partial charge < -0.3 is 70.6 Å². The molecule has 6 aliphatic rings. The van der Waals surface area contributed by atoms with E-state index >= 15 is 0 Å². The highest BCUT2D eigenvalue weighted by molar-refractivity contribution is 7.12. The number of hydrogen-bond acceptors (Lipinski definition) is 26. The van der Waals surface area contributed by atoms with Gasteiger partial charge in [0.05, 0.1) is 12.5 Å². The van der Waals surface area contributed by atoms with Gasteiger partial charge in [-0.05, 0) is 122 Å². The molecular formula is C66H71N17O23S2. The maximum absolute atomic E-state index is 11.1. The molecule has 0 radical (unpaired) electrons. The van der Waals surface area contributed by atoms with E-state index in [2.05, 4.69) is 105 Å². The number of rotatable bonds is 12. The first kappa shape index (κ1) is 85.0. The number of nitrogens with zero attached hydrogens (tertiary/aromatic N) is 13. The molecule has 10 heterocycles. The molecule has 0 spiro atoms. The second-order valence-electron chi connectivity index (χ2n) is 23.2. The Morgan fingerprint density at radius 3 is 1.57 bits per heavy atom. The minimum absolute atomic E-state index is 0.0231. The molecule has 4 bridgehead atoms. The van der Waals surface area contributed by atoms with E-state index < -0.39 is 65.8 Å². The number of carboxylic acids is 10. The third kappa shape index (κ3) is 28.5. The van der Waals surface area contributed by atoms with Gasteiger partial charge in [-0.25, -0.2) is 77.7 Å². The van der Waals surface area contributed by atoms with Crippen molar-refractivity contribution in [1.82, 2.24) is 85.5 Å². The molecule has 570 valence electrons. The fraction of sp³-hybridized carbons (Fsp3) is 0.288. The normalized spacial score (nSPS) is 18.0. The van der Waals surface area contributed by atoms with Gasteiger partial charge >= 0.3 is 71.7 Å². The van der Waals surface area contributed by atoms with E-state index in [1.165, 1.54) is 124 Å². The third-order valence-electron chi connectivity index (χ3n) is 15.8. The summed E-state index contributed by atoms with van der Waals surface area (Å²) in [5.41, 5.74) is 4.64. The van der Waals surface area contributed by atoms with Gasteiger partial charge in [0, 0.05) is 59.3 Å². The largest absolute Gasteiger partial charge is 0.478 e. The van der Waals surface area contributed by atoms with Gasteiger partial charge in [-0.3, -0.25) is 10.2 Å². The number of carboxylic acid groups (broad SMARTS) is 11. The topological polar surface area (TPSA) is 646 Å². The Kier molecular flexibility index (Phi) is 34.2. The van der Waals surface area contributed by atoms with Crippen LogP contribution >= 0.6 is 22.7 Å². The van der Waals surface area contributed by atoms with E-state index in [1.807, 2.05) is 18.2 Å². The molecule has 0 amide bonds. The van der Waals surface area contributed by atoms with Crippen LogP contribution in [0.15, 0.2) is 156 Å². The van der Waals surface area contributed by atoms with Crippen molar-refractivity contribution in [3.8, 4) is 0 Å². The van der Waals surface area contributed by atoms with Crippen LogP contribution in [0.5, 0.6) is 0 Å². The van der Waals surface area contributed by atoms with Crippen molar-refractivity contribution in [1.29, 1.82) is 0 Å². The van der Waals surface area contributed by atoms with Crippen molar-refractivity contribution in [2.24, 2.45) is 29.6 Å². The van der Waals surface area contributed by atoms with E-state index in [4.69, 9.17) is 56.2 Å². The number of aromatic carboxylic acids is 9. The minimum atomic E-state index is -1.21. The Morgan fingerprint density at radius 1 is 0.583 bits per heavy atom. The van der Waals surface area contributed by atoms with Gasteiger partial charge in [0.25, 0.3) is 0 Å². The Morgan fingerprint density at radius 2 is 1.23 bits per heavy atom. The number of thiophene rings is 1. The Bertz CT molecular complexity index is 3940. The highest BCUT2D eigenvalue weighted by Gasteiger charge is 2.52. The number of imidazole rings is 2. The minimum Gasteiger partial charge on any atom is -0.478 e. The van der Waals surface area contributed by atoms with E-state index in [1.54, 1.807) is 53.9 Å². The Labute approximate surface area is 616 Å². The molecule has 0 aromatic carbocycles. The predicted octanol–water partition coefficient (Wildman–Crippen LogP) is 9.21. The summed E-state index contributed by atoms with van der Waals surface area (Å²) < 4.78 is 5.11. The number of aliphatic carboxylic acids is 1. The zero-order valence-corrected chi connectivity index (χ0v) is 58.5. The maximum Gasteiger partial charge on any atom is 0.432 e. The van der Waals surface area contributed by atoms with Crippen molar-refractivity contribution in [2.75, 3.05) is 0 Å². The molecule has 10 aromatic heterocycles. The maximum atomic E-state index is 11.1. The van der Waals surface area contributed by atoms with Crippen LogP contribution in [0.4, 0.5) is 4.79 Å². The zero-order chi connectivity index (χ0) is 79.3. The number of aromatic nitrogens is 17. The van der Waals surface area contributed by atoms with Crippen LogP contribution in [-0.4, -0.2) is 207 Å². The quantitative estimate of drug-likeness (QED) is 0.0541. The lowest BCUT2D eigenvalue weighted by Crippen LogP contribution is -2.49. The molecule has 16 rings (SSSR count). The first-order valence-electron chi connectivity index (χ1n) is 31.7. The molecule has 40 nitrogen and oxygen atoms in total. The second kappa shape index (κ2) is 43.4. The van der Waals surface area contributed by atoms with Crippen LogP contribution in [0.3, 0.4) is 0 Å². The van der Waals surface area contributed by atoms with Gasteiger partial charge in [0.2, 0.25) is 23.1 Å². The van der Waals surface area contributed by atoms with Crippen LogP contribution in [0.1, 0.15) is 189 Å². The molecule has 5 saturated carbocycles. The summed E-state index contributed by atoms with van der Waals surface area (Å²) in [6.45, 7) is 4.49. The van der Waals surface area contributed by atoms with Gasteiger partial charge in [-0.15, -0.1) is 31.7 Å². The second-order valence-corrected chi connectivity index (χ2v) is 25.0. The van der Waals surface area contributed by atoms with E-state index in [9.17, 15) is 52.7 Å². The molecule has 108 heavy (non-hydrogen) atoms. The summed E-state index contributed by atoms with van der Waals surface area (Å²) in [6.07, 6.45) is 28.0. The highest BCUT2D eigenvalue weighted by atomic mass is 32.1. The van der Waals surface area contributed by atoms with Crippen molar-refractivity contribution >= 4 is 88.5 Å². The number of H-pyrrole nitrogens is 4. The molecule has 0 saturated heterocycles. The van der Waals surface area contributed by atoms with Gasteiger partial charge in [0.15, 0.2) is 0 Å². The summed E-state index contributed by atoms with van der Waals surface area (Å²) in [5.74, 6) is -6.19. The SMILES string of the molecule is CC1CCCC(C)C1c1cccc(C(=O)O)n1.O=C(O)C1=CC=CC1.O=C(O)c1cccc(C23CC4CC(CC(C4)C2)C3)n1.O=C(O)c1cccs1.O=C(O)c1ccn[nH]1.O=C(O)c1cnc[nH]1.O=C(O)c1ncc[nH]1.O=C(O)c1ncn[nH]1.O=C(O)c1nnco1.O=C(O)c1nncs1.O=C(O)n1cccn1. The lowest BCUT2D eigenvalue weighted by Gasteiger charge is -2.56. The summed E-state index contributed by atoms with van der Waals surface area (Å²) in [7, 11) is 0. The van der Waals surface area contributed by atoms with Crippen LogP contribution in [0.2, 0.25) is 0 Å². The molecule has 6 aliphatic carbocycles. The zero-order valence-electron chi connectivity index (χ0n) is 56.8. The molecule has 2 unspecified atom stereocenters. The van der Waals surface area contributed by atoms with Crippen molar-refractivity contribution in [3.63, 3.8) is 0 Å². The summed E-state index contributed by atoms with van der Waals surface area (Å²) in [6, 6.07) is 17.1. The first-order chi connectivity index (χ1) is 51.5. The van der Waals surface area contributed by atoms with Crippen LogP contribution in [0.25, 0.3) is 0 Å². The molecule has 5 fully saturated rings. The fourth-order valence-electron chi connectivity index (χ4n) is 11.7. The summed E-state index contributed by atoms with van der Waals surface area (Å²) in [4.78, 5) is 136. The molecular weight excluding hydrogens is 1460 g/mol. The molecule has 42 heteroatoms. The molecule has 15 N–H and O–H groups in total. The van der Waals surface area contributed by atoms with Gasteiger partial charge in [0.1, 0.15) is 39.5 Å². The molecule has 0 aliphatic heterocycles. The lowest BCUT2D eigenvalue weighted by atomic mass is 9.49. The fourth-order valence-corrected chi connectivity index (χ4v) is 12.6. The number of aromatic amines is 4. The number of allylic oxidation sites excluding steroid dienone is 3. The van der Waals surface area contributed by atoms with Crippen LogP contribution in [0, 0.1) is 29.6 Å². The summed E-state index contributed by atoms with van der Waals surface area (Å²) in [5, 5.41) is 121. The lowest BCUT2D eigenvalue weighted by molar-refractivity contribution is -0.132. The van der Waals surface area contributed by atoms with Crippen LogP contribution < -0.4 is 0 Å². The van der Waals surface area contributed by atoms with Gasteiger partial charge in [-0.2, -0.15) is 20.0 Å². The van der Waals surface area contributed by atoms with Crippen molar-refractivity contribution < 1.29 is 113 Å². The number of nitrogens with one attached hydrogen (secondary N) is 4. The average Bonchev–Trinajstić information content (AvgIpc) is 1.30. The summed E-state index contributed by atoms with van der Waals surface area (Å²) >= 11 is 2.24. The number of carbonyl (C=O) groups is 11. The number of hydrogen-bond donors (Lipinski definition) is 15. The third-order valence-corrected chi connectivity index (χ3v) is 17.3. The first-order valence-corrected chi connectivity index (χ1v) is 33.5. The Balaban J connectivity index is 0.000000217. The van der Waals surface area contributed by atoms with E-state index in [0.29, 0.717) is 34.6 Å². The van der Waals surface area contributed by atoms with E-state index in [-0.39, 0.29) is 50.7 Å². The average molecular weight is 1530 g/mol. The number of pyridine rings is 2. The van der Waals surface area contributed by atoms with Crippen LogP contribution in [-0.2, 0) is 10.2 Å². The standard InChI is InChI=1S/C16H19NO2.C14H19NO2.C6H6O2.C5H4O2S.4C4H4N2O2.C3H3N3O2.C3H2N2O3.C3H2N2O2S/c18-15(19)13-2-1-3-14(17-13)16-7-10-4-11(8-16)6-12(5-10)9-16;1-9-5-3-6-10(2)13(9)11-7-4-8-12(15-11)14(16)17;7-6(8)5-3-1-2-4-5;6-5(7)4-2-1-3-8-4;7-4(8)3-1-5-2-6-3;7-4(8)3-5-1-2-6-3;7-4(8)6-3-1-2-5-6;7-4(8)3-1-2-5-6-3;7-3(8)2-4-1-5-6-2;2*6-3(7)2-5-4-1-8-2/h1-3,10-12H,4-9H2,(H,18,19);4,7-10,13H,3,5-6H2,1-2H3,(H,16,17);1-3H,4H2,(H,7,8);1-3H,(H,6,7);2*1-2H,(H,5,6)(H,7,8);1-3H,(H,7,8);1-2H,(H,5,6)(H,7,8);1H,(H,7,8)(H,4,5,6);2*1H,(H,6,7). The Hall–Kier alpha value is -13.7. The molecule has 2 atom stereocenters.